The van der Waals surface area contributed by atoms with Crippen LogP contribution in [0.5, 0.6) is 5.75 Å². The number of fused-ring (bicyclic) bond motifs is 1. The van der Waals surface area contributed by atoms with Crippen LogP contribution in [0, 0.1) is 0 Å². The standard InChI is InChI=1S/C18H19NO4/c1-12(11-15(20)17-7-4-9-22-17)19-18(21)14-8-10-23-16-6-3-2-5-13(14)16/h2-7,9,12,14H,8,10-11H2,1H3,(H,19,21). The van der Waals surface area contributed by atoms with Crippen LogP contribution in [-0.4, -0.2) is 24.3 Å². The van der Waals surface area contributed by atoms with E-state index in [9.17, 15) is 9.59 Å². The number of ether oxygens (including phenoxy) is 1. The normalized spacial score (nSPS) is 17.7. The maximum atomic E-state index is 12.5. The number of benzene rings is 1. The van der Waals surface area contributed by atoms with Crippen LogP contribution in [0.4, 0.5) is 0 Å². The minimum atomic E-state index is -0.255. The smallest absolute Gasteiger partial charge is 0.228 e. The van der Waals surface area contributed by atoms with Crippen molar-refractivity contribution in [3.8, 4) is 5.75 Å². The summed E-state index contributed by atoms with van der Waals surface area (Å²) in [6.07, 6.45) is 2.32. The predicted molar refractivity (Wildman–Crippen MR) is 84.6 cm³/mol. The van der Waals surface area contributed by atoms with E-state index in [4.69, 9.17) is 9.15 Å². The minimum absolute atomic E-state index is 0.0690. The van der Waals surface area contributed by atoms with Gasteiger partial charge in [0.1, 0.15) is 5.75 Å². The van der Waals surface area contributed by atoms with Crippen molar-refractivity contribution in [1.82, 2.24) is 5.32 Å². The van der Waals surface area contributed by atoms with Crippen LogP contribution in [0.25, 0.3) is 0 Å². The van der Waals surface area contributed by atoms with Crippen molar-refractivity contribution in [2.75, 3.05) is 6.61 Å². The molecule has 23 heavy (non-hydrogen) atoms. The van der Waals surface area contributed by atoms with Gasteiger partial charge in [-0.3, -0.25) is 9.59 Å². The highest BCUT2D eigenvalue weighted by molar-refractivity contribution is 5.94. The third-order valence-electron chi connectivity index (χ3n) is 3.95. The lowest BCUT2D eigenvalue weighted by molar-refractivity contribution is -0.123. The largest absolute Gasteiger partial charge is 0.493 e. The van der Waals surface area contributed by atoms with E-state index in [-0.39, 0.29) is 30.1 Å². The molecule has 0 saturated heterocycles. The summed E-state index contributed by atoms with van der Waals surface area (Å²) in [6.45, 7) is 2.35. The fraction of sp³-hybridized carbons (Fsp3) is 0.333. The lowest BCUT2D eigenvalue weighted by Crippen LogP contribution is -2.39. The third-order valence-corrected chi connectivity index (χ3v) is 3.95. The van der Waals surface area contributed by atoms with E-state index >= 15 is 0 Å². The number of rotatable bonds is 5. The van der Waals surface area contributed by atoms with Crippen molar-refractivity contribution in [3.05, 3.63) is 54.0 Å². The molecule has 0 fully saturated rings. The maximum absolute atomic E-state index is 12.5. The number of amides is 1. The van der Waals surface area contributed by atoms with Gasteiger partial charge in [0.05, 0.1) is 18.8 Å². The molecule has 5 heteroatoms. The van der Waals surface area contributed by atoms with Crippen molar-refractivity contribution in [2.45, 2.75) is 31.7 Å². The van der Waals surface area contributed by atoms with Crippen LogP contribution < -0.4 is 10.1 Å². The molecule has 1 aliphatic rings. The summed E-state index contributed by atoms with van der Waals surface area (Å²) in [5, 5.41) is 2.93. The van der Waals surface area contributed by atoms with E-state index in [2.05, 4.69) is 5.32 Å². The third kappa shape index (κ3) is 3.44. The first-order valence-electron chi connectivity index (χ1n) is 7.74. The summed E-state index contributed by atoms with van der Waals surface area (Å²) in [7, 11) is 0. The van der Waals surface area contributed by atoms with E-state index in [1.54, 1.807) is 12.1 Å². The monoisotopic (exact) mass is 313 g/mol. The number of nitrogens with one attached hydrogen (secondary N) is 1. The summed E-state index contributed by atoms with van der Waals surface area (Å²) < 4.78 is 10.7. The number of para-hydroxylation sites is 1. The number of Topliss-reactive ketones (excluding diaryl/α,β-unsaturated/α-hetero) is 1. The topological polar surface area (TPSA) is 68.5 Å². The Labute approximate surface area is 134 Å². The summed E-state index contributed by atoms with van der Waals surface area (Å²) in [6, 6.07) is 10.6. The fourth-order valence-electron chi connectivity index (χ4n) is 2.82. The van der Waals surface area contributed by atoms with Gasteiger partial charge >= 0.3 is 0 Å². The van der Waals surface area contributed by atoms with Crippen molar-refractivity contribution in [3.63, 3.8) is 0 Å². The Balaban J connectivity index is 1.62. The molecule has 1 N–H and O–H groups in total. The van der Waals surface area contributed by atoms with Gasteiger partial charge in [0.25, 0.3) is 0 Å². The van der Waals surface area contributed by atoms with Gasteiger partial charge in [0, 0.05) is 18.0 Å². The van der Waals surface area contributed by atoms with Gasteiger partial charge in [-0.2, -0.15) is 0 Å². The zero-order valence-electron chi connectivity index (χ0n) is 13.0. The fourth-order valence-corrected chi connectivity index (χ4v) is 2.82. The van der Waals surface area contributed by atoms with E-state index in [1.165, 1.54) is 6.26 Å². The van der Waals surface area contributed by atoms with Crippen LogP contribution in [0.1, 0.15) is 41.8 Å². The van der Waals surface area contributed by atoms with Gasteiger partial charge in [-0.15, -0.1) is 0 Å². The molecule has 2 aromatic rings. The molecule has 1 amide bonds. The molecule has 0 spiro atoms. The van der Waals surface area contributed by atoms with E-state index < -0.39 is 0 Å². The van der Waals surface area contributed by atoms with Crippen LogP contribution in [0.3, 0.4) is 0 Å². The molecule has 5 nitrogen and oxygen atoms in total. The summed E-state index contributed by atoms with van der Waals surface area (Å²) in [5.41, 5.74) is 0.904. The Hall–Kier alpha value is -2.56. The van der Waals surface area contributed by atoms with Crippen molar-refractivity contribution >= 4 is 11.7 Å². The van der Waals surface area contributed by atoms with Gasteiger partial charge < -0.3 is 14.5 Å². The number of hydrogen-bond donors (Lipinski definition) is 1. The molecule has 1 aromatic carbocycles. The zero-order chi connectivity index (χ0) is 16.2. The number of carbonyl (C=O) groups is 2. The first-order chi connectivity index (χ1) is 11.1. The Morgan fingerprint density at radius 1 is 1.26 bits per heavy atom. The second-order valence-corrected chi connectivity index (χ2v) is 5.74. The van der Waals surface area contributed by atoms with Gasteiger partial charge in [-0.25, -0.2) is 0 Å². The molecular formula is C18H19NO4. The number of ketones is 1. The first kappa shape index (κ1) is 15.3. The second kappa shape index (κ2) is 6.69. The Bertz CT molecular complexity index is 693. The molecule has 1 aromatic heterocycles. The SMILES string of the molecule is CC(CC(=O)c1ccco1)NC(=O)C1CCOc2ccccc21. The number of furan rings is 1. The lowest BCUT2D eigenvalue weighted by atomic mass is 9.92. The average Bonchev–Trinajstić information content (AvgIpc) is 3.08. The number of carbonyl (C=O) groups excluding carboxylic acids is 2. The van der Waals surface area contributed by atoms with Crippen molar-refractivity contribution < 1.29 is 18.7 Å². The van der Waals surface area contributed by atoms with Crippen LogP contribution in [-0.2, 0) is 4.79 Å². The zero-order valence-corrected chi connectivity index (χ0v) is 13.0. The van der Waals surface area contributed by atoms with Gasteiger partial charge in [0.2, 0.25) is 5.91 Å². The molecule has 0 bridgehead atoms. The quantitative estimate of drug-likeness (QED) is 0.862. The molecule has 0 radical (unpaired) electrons. The van der Waals surface area contributed by atoms with Crippen molar-refractivity contribution in [2.24, 2.45) is 0 Å². The molecule has 1 aliphatic heterocycles. The summed E-state index contributed by atoms with van der Waals surface area (Å²) in [4.78, 5) is 24.5. The molecule has 2 heterocycles. The molecule has 0 aliphatic carbocycles. The number of hydrogen-bond acceptors (Lipinski definition) is 4. The van der Waals surface area contributed by atoms with Gasteiger partial charge in [0.15, 0.2) is 11.5 Å². The molecule has 0 saturated carbocycles. The van der Waals surface area contributed by atoms with Gasteiger partial charge in [-0.05, 0) is 31.5 Å². The molecule has 2 unspecified atom stereocenters. The molecule has 2 atom stereocenters. The van der Waals surface area contributed by atoms with Crippen molar-refractivity contribution in [1.29, 1.82) is 0 Å². The first-order valence-corrected chi connectivity index (χ1v) is 7.74. The lowest BCUT2D eigenvalue weighted by Gasteiger charge is -2.26. The highest BCUT2D eigenvalue weighted by Gasteiger charge is 2.28. The Kier molecular flexibility index (Phi) is 4.46. The molecular weight excluding hydrogens is 294 g/mol. The minimum Gasteiger partial charge on any atom is -0.493 e. The summed E-state index contributed by atoms with van der Waals surface area (Å²) >= 11 is 0. The molecule has 3 rings (SSSR count). The van der Waals surface area contributed by atoms with Gasteiger partial charge in [-0.1, -0.05) is 18.2 Å². The highest BCUT2D eigenvalue weighted by atomic mass is 16.5. The van der Waals surface area contributed by atoms with Crippen LogP contribution in [0.2, 0.25) is 0 Å². The maximum Gasteiger partial charge on any atom is 0.228 e. The van der Waals surface area contributed by atoms with E-state index in [0.29, 0.717) is 18.8 Å². The van der Waals surface area contributed by atoms with Crippen LogP contribution >= 0.6 is 0 Å². The Morgan fingerprint density at radius 2 is 2.09 bits per heavy atom. The second-order valence-electron chi connectivity index (χ2n) is 5.74. The van der Waals surface area contributed by atoms with E-state index in [1.807, 2.05) is 31.2 Å². The summed E-state index contributed by atoms with van der Waals surface area (Å²) in [5.74, 6) is 0.664. The molecule has 120 valence electrons. The van der Waals surface area contributed by atoms with Crippen LogP contribution in [0.15, 0.2) is 47.1 Å². The Morgan fingerprint density at radius 3 is 2.87 bits per heavy atom. The average molecular weight is 313 g/mol. The van der Waals surface area contributed by atoms with E-state index in [0.717, 1.165) is 11.3 Å². The highest BCUT2D eigenvalue weighted by Crippen LogP contribution is 2.33. The predicted octanol–water partition coefficient (Wildman–Crippen LogP) is 2.92.